The Bertz CT molecular complexity index is 1240. The van der Waals surface area contributed by atoms with Gasteiger partial charge in [0.15, 0.2) is 11.5 Å². The Kier molecular flexibility index (Phi) is 6.55. The van der Waals surface area contributed by atoms with Crippen LogP contribution in [-0.4, -0.2) is 47.4 Å². The molecule has 1 amide bonds. The summed E-state index contributed by atoms with van der Waals surface area (Å²) in [4.78, 5) is 22.4. The smallest absolute Gasteiger partial charge is 0.269 e. The van der Waals surface area contributed by atoms with Gasteiger partial charge in [0, 0.05) is 28.4 Å². The summed E-state index contributed by atoms with van der Waals surface area (Å²) >= 11 is 1.53. The zero-order valence-electron chi connectivity index (χ0n) is 18.6. The number of aromatic nitrogens is 4. The summed E-state index contributed by atoms with van der Waals surface area (Å²) in [6, 6.07) is 9.07. The van der Waals surface area contributed by atoms with Crippen molar-refractivity contribution in [2.75, 3.05) is 21.3 Å². The van der Waals surface area contributed by atoms with E-state index in [0.29, 0.717) is 35.2 Å². The van der Waals surface area contributed by atoms with Crippen LogP contribution in [0.25, 0.3) is 21.8 Å². The van der Waals surface area contributed by atoms with Crippen LogP contribution in [0.5, 0.6) is 17.2 Å². The third kappa shape index (κ3) is 4.65. The maximum atomic E-state index is 12.7. The zero-order chi connectivity index (χ0) is 23.4. The number of carbonyl (C=O) groups excluding carboxylic acids is 1. The fourth-order valence-electron chi connectivity index (χ4n) is 3.28. The summed E-state index contributed by atoms with van der Waals surface area (Å²) in [7, 11) is 4.64. The van der Waals surface area contributed by atoms with Gasteiger partial charge in [-0.25, -0.2) is 4.98 Å². The summed E-state index contributed by atoms with van der Waals surface area (Å²) in [5, 5.41) is 10.9. The number of methoxy groups -OCH3 is 3. The molecule has 0 fully saturated rings. The summed E-state index contributed by atoms with van der Waals surface area (Å²) in [6.07, 6.45) is 3.50. The molecule has 0 saturated heterocycles. The highest BCUT2D eigenvalue weighted by Crippen LogP contribution is 2.40. The van der Waals surface area contributed by atoms with Gasteiger partial charge in [-0.2, -0.15) is 5.10 Å². The molecule has 0 spiro atoms. The predicted octanol–water partition coefficient (Wildman–Crippen LogP) is 3.86. The molecule has 2 N–H and O–H groups in total. The summed E-state index contributed by atoms with van der Waals surface area (Å²) < 4.78 is 16.1. The van der Waals surface area contributed by atoms with E-state index in [4.69, 9.17) is 14.2 Å². The minimum absolute atomic E-state index is 0.267. The van der Waals surface area contributed by atoms with Crippen molar-refractivity contribution in [2.45, 2.75) is 13.5 Å². The number of H-pyrrole nitrogens is 1. The number of thiazole rings is 1. The normalized spacial score (nSPS) is 10.7. The quantitative estimate of drug-likeness (QED) is 0.406. The molecule has 0 unspecified atom stereocenters. The van der Waals surface area contributed by atoms with Gasteiger partial charge in [-0.3, -0.25) is 14.9 Å². The maximum absolute atomic E-state index is 12.7. The number of aromatic amines is 1. The lowest BCUT2D eigenvalue weighted by molar-refractivity contribution is 0.0946. The van der Waals surface area contributed by atoms with Crippen molar-refractivity contribution in [2.24, 2.45) is 0 Å². The second-order valence-electron chi connectivity index (χ2n) is 7.03. The number of benzene rings is 1. The molecule has 170 valence electrons. The lowest BCUT2D eigenvalue weighted by Gasteiger charge is -2.13. The van der Waals surface area contributed by atoms with Gasteiger partial charge in [0.05, 0.1) is 39.3 Å². The number of hydrogen-bond acceptors (Lipinski definition) is 8. The molecule has 0 radical (unpaired) electrons. The Morgan fingerprint density at radius 2 is 1.85 bits per heavy atom. The average molecular weight is 466 g/mol. The standard InChI is InChI=1S/C23H23N5O4S/c1-13-20(33-23(26-13)14-6-5-7-24-11-14)12-25-22(29)17-10-16(27-28-17)15-8-18(30-2)21(32-4)19(9-15)31-3/h5-11H,12H2,1-4H3,(H,25,29)(H,27,28). The number of hydrogen-bond donors (Lipinski definition) is 2. The molecule has 10 heteroatoms. The van der Waals surface area contributed by atoms with Crippen molar-refractivity contribution in [3.63, 3.8) is 0 Å². The molecule has 0 aliphatic rings. The van der Waals surface area contributed by atoms with Gasteiger partial charge in [0.2, 0.25) is 5.75 Å². The van der Waals surface area contributed by atoms with E-state index >= 15 is 0 Å². The fourth-order valence-corrected chi connectivity index (χ4v) is 4.27. The van der Waals surface area contributed by atoms with Crippen molar-refractivity contribution < 1.29 is 19.0 Å². The van der Waals surface area contributed by atoms with E-state index in [9.17, 15) is 4.79 Å². The van der Waals surface area contributed by atoms with Gasteiger partial charge in [0.25, 0.3) is 5.91 Å². The van der Waals surface area contributed by atoms with Crippen LogP contribution >= 0.6 is 11.3 Å². The molecule has 33 heavy (non-hydrogen) atoms. The van der Waals surface area contributed by atoms with Gasteiger partial charge in [-0.15, -0.1) is 11.3 Å². The first-order chi connectivity index (χ1) is 16.0. The molecular formula is C23H23N5O4S. The number of carbonyl (C=O) groups is 1. The second-order valence-corrected chi connectivity index (χ2v) is 8.12. The number of nitrogens with one attached hydrogen (secondary N) is 2. The van der Waals surface area contributed by atoms with Gasteiger partial charge in [0.1, 0.15) is 10.7 Å². The third-order valence-corrected chi connectivity index (χ3v) is 6.20. The van der Waals surface area contributed by atoms with E-state index in [-0.39, 0.29) is 5.91 Å². The summed E-state index contributed by atoms with van der Waals surface area (Å²) in [6.45, 7) is 2.29. The van der Waals surface area contributed by atoms with Crippen LogP contribution in [0.2, 0.25) is 0 Å². The molecule has 4 aromatic rings. The van der Waals surface area contributed by atoms with E-state index < -0.39 is 0 Å². The number of amides is 1. The minimum Gasteiger partial charge on any atom is -0.493 e. The molecule has 0 aliphatic carbocycles. The molecule has 3 aromatic heterocycles. The molecular weight excluding hydrogens is 442 g/mol. The Balaban J connectivity index is 1.49. The van der Waals surface area contributed by atoms with Crippen molar-refractivity contribution in [1.29, 1.82) is 0 Å². The predicted molar refractivity (Wildman–Crippen MR) is 125 cm³/mol. The first-order valence-electron chi connectivity index (χ1n) is 10.0. The number of ether oxygens (including phenoxy) is 3. The van der Waals surface area contributed by atoms with Gasteiger partial charge >= 0.3 is 0 Å². The summed E-state index contributed by atoms with van der Waals surface area (Å²) in [5.74, 6) is 1.23. The molecule has 0 atom stereocenters. The highest BCUT2D eigenvalue weighted by Gasteiger charge is 2.18. The Hall–Kier alpha value is -3.92. The van der Waals surface area contributed by atoms with Gasteiger partial charge in [-0.05, 0) is 37.3 Å². The molecule has 0 bridgehead atoms. The lowest BCUT2D eigenvalue weighted by atomic mass is 10.1. The van der Waals surface area contributed by atoms with Crippen LogP contribution in [0.15, 0.2) is 42.7 Å². The first kappa shape index (κ1) is 22.3. The first-order valence-corrected chi connectivity index (χ1v) is 10.9. The van der Waals surface area contributed by atoms with Crippen molar-refractivity contribution in [1.82, 2.24) is 25.5 Å². The number of rotatable bonds is 8. The number of nitrogens with zero attached hydrogens (tertiary/aromatic N) is 3. The van der Waals surface area contributed by atoms with Crippen LogP contribution in [-0.2, 0) is 6.54 Å². The van der Waals surface area contributed by atoms with E-state index in [0.717, 1.165) is 26.7 Å². The van der Waals surface area contributed by atoms with E-state index in [1.54, 1.807) is 51.9 Å². The van der Waals surface area contributed by atoms with Crippen LogP contribution in [0, 0.1) is 6.92 Å². The summed E-state index contributed by atoms with van der Waals surface area (Å²) in [5.41, 5.74) is 3.47. The monoisotopic (exact) mass is 465 g/mol. The van der Waals surface area contributed by atoms with Crippen LogP contribution in [0.3, 0.4) is 0 Å². The average Bonchev–Trinajstić information content (AvgIpc) is 3.49. The minimum atomic E-state index is -0.267. The number of pyridine rings is 1. The van der Waals surface area contributed by atoms with E-state index in [2.05, 4.69) is 25.5 Å². The topological polar surface area (TPSA) is 111 Å². The highest BCUT2D eigenvalue weighted by atomic mass is 32.1. The molecule has 0 saturated carbocycles. The maximum Gasteiger partial charge on any atom is 0.269 e. The fraction of sp³-hybridized carbons (Fsp3) is 0.217. The van der Waals surface area contributed by atoms with E-state index in [1.807, 2.05) is 19.1 Å². The second kappa shape index (κ2) is 9.70. The van der Waals surface area contributed by atoms with Crippen molar-refractivity contribution >= 4 is 17.2 Å². The van der Waals surface area contributed by atoms with Gasteiger partial charge in [-0.1, -0.05) is 0 Å². The van der Waals surface area contributed by atoms with E-state index in [1.165, 1.54) is 11.3 Å². The Labute approximate surface area is 194 Å². The van der Waals surface area contributed by atoms with Crippen LogP contribution < -0.4 is 19.5 Å². The Morgan fingerprint density at radius 1 is 1.09 bits per heavy atom. The van der Waals surface area contributed by atoms with Crippen LogP contribution in [0.4, 0.5) is 0 Å². The molecule has 1 aromatic carbocycles. The number of aryl methyl sites for hydroxylation is 1. The lowest BCUT2D eigenvalue weighted by Crippen LogP contribution is -2.23. The van der Waals surface area contributed by atoms with Crippen LogP contribution in [0.1, 0.15) is 21.1 Å². The van der Waals surface area contributed by atoms with Crippen molar-refractivity contribution in [3.8, 4) is 39.1 Å². The molecule has 3 heterocycles. The Morgan fingerprint density at radius 3 is 2.48 bits per heavy atom. The van der Waals surface area contributed by atoms with Crippen molar-refractivity contribution in [3.05, 3.63) is 59.0 Å². The molecule has 4 rings (SSSR count). The molecule has 9 nitrogen and oxygen atoms in total. The largest absolute Gasteiger partial charge is 0.493 e. The van der Waals surface area contributed by atoms with Gasteiger partial charge < -0.3 is 19.5 Å². The third-order valence-electron chi connectivity index (χ3n) is 4.99. The SMILES string of the molecule is COc1cc(-c2cc(C(=O)NCc3sc(-c4cccnc4)nc3C)[nH]n2)cc(OC)c1OC. The highest BCUT2D eigenvalue weighted by molar-refractivity contribution is 7.15. The zero-order valence-corrected chi connectivity index (χ0v) is 19.4. The molecule has 0 aliphatic heterocycles.